The van der Waals surface area contributed by atoms with Crippen molar-refractivity contribution in [1.29, 1.82) is 0 Å². The van der Waals surface area contributed by atoms with E-state index in [0.717, 1.165) is 18.8 Å². The standard InChI is InChI=1S/C12H14O2S/c1-9(15-11-7-14-8-11)12(13)10-5-3-2-4-6-10/h2-6,9,11H,7-8H2,1H3. The molecule has 15 heavy (non-hydrogen) atoms. The zero-order valence-corrected chi connectivity index (χ0v) is 9.50. The molecule has 0 saturated carbocycles. The molecule has 3 heteroatoms. The predicted molar refractivity (Wildman–Crippen MR) is 62.4 cm³/mol. The Hall–Kier alpha value is -0.800. The van der Waals surface area contributed by atoms with Gasteiger partial charge in [-0.15, -0.1) is 11.8 Å². The van der Waals surface area contributed by atoms with Gasteiger partial charge in [-0.25, -0.2) is 0 Å². The van der Waals surface area contributed by atoms with Gasteiger partial charge in [0.1, 0.15) is 0 Å². The molecule has 1 heterocycles. The fourth-order valence-corrected chi connectivity index (χ4v) is 2.67. The molecule has 0 aliphatic carbocycles. The third kappa shape index (κ3) is 2.61. The molecule has 1 unspecified atom stereocenters. The monoisotopic (exact) mass is 222 g/mol. The lowest BCUT2D eigenvalue weighted by Gasteiger charge is -2.27. The van der Waals surface area contributed by atoms with Crippen LogP contribution in [0.1, 0.15) is 17.3 Å². The van der Waals surface area contributed by atoms with Gasteiger partial charge in [-0.05, 0) is 6.92 Å². The fraction of sp³-hybridized carbons (Fsp3) is 0.417. The van der Waals surface area contributed by atoms with E-state index in [9.17, 15) is 4.79 Å². The highest BCUT2D eigenvalue weighted by Crippen LogP contribution is 2.25. The normalized spacial score (nSPS) is 18.2. The first-order chi connectivity index (χ1) is 7.27. The number of Topliss-reactive ketones (excluding diaryl/α,β-unsaturated/α-hetero) is 1. The summed E-state index contributed by atoms with van der Waals surface area (Å²) in [6.45, 7) is 3.55. The number of ether oxygens (including phenoxy) is 1. The second-order valence-electron chi connectivity index (χ2n) is 3.67. The van der Waals surface area contributed by atoms with Crippen molar-refractivity contribution in [2.24, 2.45) is 0 Å². The van der Waals surface area contributed by atoms with Gasteiger partial charge in [-0.3, -0.25) is 4.79 Å². The summed E-state index contributed by atoms with van der Waals surface area (Å²) >= 11 is 1.71. The van der Waals surface area contributed by atoms with Crippen LogP contribution >= 0.6 is 11.8 Å². The smallest absolute Gasteiger partial charge is 0.175 e. The highest BCUT2D eigenvalue weighted by Gasteiger charge is 2.25. The van der Waals surface area contributed by atoms with Crippen molar-refractivity contribution in [2.75, 3.05) is 13.2 Å². The second-order valence-corrected chi connectivity index (χ2v) is 5.31. The molecule has 1 aromatic carbocycles. The average Bonchev–Trinajstić information content (AvgIpc) is 2.23. The van der Waals surface area contributed by atoms with Crippen molar-refractivity contribution in [1.82, 2.24) is 0 Å². The number of thioether (sulfide) groups is 1. The number of rotatable bonds is 4. The number of carbonyl (C=O) groups excluding carboxylic acids is 1. The van der Waals surface area contributed by atoms with Crippen LogP contribution in [-0.2, 0) is 4.74 Å². The highest BCUT2D eigenvalue weighted by molar-refractivity contribution is 8.01. The quantitative estimate of drug-likeness (QED) is 0.732. The topological polar surface area (TPSA) is 26.3 Å². The summed E-state index contributed by atoms with van der Waals surface area (Å²) in [6.07, 6.45) is 0. The van der Waals surface area contributed by atoms with Crippen LogP contribution in [0.4, 0.5) is 0 Å². The molecule has 0 spiro atoms. The summed E-state index contributed by atoms with van der Waals surface area (Å²) in [6, 6.07) is 9.47. The molecule has 1 aromatic rings. The van der Waals surface area contributed by atoms with Crippen molar-refractivity contribution in [3.8, 4) is 0 Å². The van der Waals surface area contributed by atoms with E-state index >= 15 is 0 Å². The Morgan fingerprint density at radius 3 is 2.60 bits per heavy atom. The number of benzene rings is 1. The van der Waals surface area contributed by atoms with Gasteiger partial charge in [0.25, 0.3) is 0 Å². The van der Waals surface area contributed by atoms with Gasteiger partial charge in [-0.1, -0.05) is 30.3 Å². The van der Waals surface area contributed by atoms with Crippen molar-refractivity contribution in [2.45, 2.75) is 17.4 Å². The van der Waals surface area contributed by atoms with E-state index in [1.165, 1.54) is 0 Å². The molecule has 0 bridgehead atoms. The van der Waals surface area contributed by atoms with Crippen LogP contribution in [0.25, 0.3) is 0 Å². The summed E-state index contributed by atoms with van der Waals surface area (Å²) in [5, 5.41) is 0.536. The van der Waals surface area contributed by atoms with E-state index in [4.69, 9.17) is 4.74 Å². The molecule has 0 radical (unpaired) electrons. The Balaban J connectivity index is 1.95. The maximum Gasteiger partial charge on any atom is 0.175 e. The molecule has 2 rings (SSSR count). The maximum absolute atomic E-state index is 12.0. The molecule has 0 N–H and O–H groups in total. The summed E-state index contributed by atoms with van der Waals surface area (Å²) in [7, 11) is 0. The van der Waals surface area contributed by atoms with E-state index in [2.05, 4.69) is 0 Å². The van der Waals surface area contributed by atoms with Crippen molar-refractivity contribution in [3.63, 3.8) is 0 Å². The lowest BCUT2D eigenvalue weighted by molar-refractivity contribution is 0.0453. The van der Waals surface area contributed by atoms with Gasteiger partial charge in [0.2, 0.25) is 0 Å². The first-order valence-corrected chi connectivity index (χ1v) is 6.04. The zero-order valence-electron chi connectivity index (χ0n) is 8.68. The number of hydrogen-bond acceptors (Lipinski definition) is 3. The van der Waals surface area contributed by atoms with Crippen molar-refractivity contribution >= 4 is 17.5 Å². The van der Waals surface area contributed by atoms with Gasteiger partial charge in [0, 0.05) is 5.56 Å². The first-order valence-electron chi connectivity index (χ1n) is 5.10. The zero-order chi connectivity index (χ0) is 10.7. The van der Waals surface area contributed by atoms with Crippen LogP contribution in [0, 0.1) is 0 Å². The Morgan fingerprint density at radius 1 is 1.40 bits per heavy atom. The van der Waals surface area contributed by atoms with Gasteiger partial charge < -0.3 is 4.74 Å². The minimum absolute atomic E-state index is 0.0290. The minimum atomic E-state index is 0.0290. The van der Waals surface area contributed by atoms with Crippen molar-refractivity contribution in [3.05, 3.63) is 35.9 Å². The molecule has 1 saturated heterocycles. The van der Waals surface area contributed by atoms with Crippen LogP contribution < -0.4 is 0 Å². The predicted octanol–water partition coefficient (Wildman–Crippen LogP) is 2.39. The molecular weight excluding hydrogens is 208 g/mol. The number of hydrogen-bond donors (Lipinski definition) is 0. The van der Waals surface area contributed by atoms with Crippen LogP contribution in [0.3, 0.4) is 0 Å². The Labute approximate surface area is 94.0 Å². The molecule has 0 aromatic heterocycles. The minimum Gasteiger partial charge on any atom is -0.379 e. The maximum atomic E-state index is 12.0. The second kappa shape index (κ2) is 4.81. The van der Waals surface area contributed by atoms with Gasteiger partial charge in [0.15, 0.2) is 5.78 Å². The largest absolute Gasteiger partial charge is 0.379 e. The van der Waals surface area contributed by atoms with E-state index in [0.29, 0.717) is 5.25 Å². The van der Waals surface area contributed by atoms with E-state index < -0.39 is 0 Å². The summed E-state index contributed by atoms with van der Waals surface area (Å²) in [4.78, 5) is 12.0. The van der Waals surface area contributed by atoms with Gasteiger partial charge >= 0.3 is 0 Å². The molecule has 1 aliphatic heterocycles. The summed E-state index contributed by atoms with van der Waals surface area (Å²) in [5.41, 5.74) is 0.803. The van der Waals surface area contributed by atoms with Crippen LogP contribution in [-0.4, -0.2) is 29.5 Å². The molecule has 1 aliphatic rings. The third-order valence-corrected chi connectivity index (χ3v) is 3.71. The van der Waals surface area contributed by atoms with E-state index in [-0.39, 0.29) is 11.0 Å². The third-order valence-electron chi connectivity index (χ3n) is 2.43. The Kier molecular flexibility index (Phi) is 3.44. The molecule has 1 fully saturated rings. The summed E-state index contributed by atoms with van der Waals surface area (Å²) in [5.74, 6) is 0.215. The van der Waals surface area contributed by atoms with Gasteiger partial charge in [0.05, 0.1) is 23.7 Å². The summed E-state index contributed by atoms with van der Waals surface area (Å²) < 4.78 is 5.09. The first kappa shape index (κ1) is 10.7. The molecule has 1 atom stereocenters. The highest BCUT2D eigenvalue weighted by atomic mass is 32.2. The number of carbonyl (C=O) groups is 1. The van der Waals surface area contributed by atoms with Crippen LogP contribution in [0.5, 0.6) is 0 Å². The van der Waals surface area contributed by atoms with Gasteiger partial charge in [-0.2, -0.15) is 0 Å². The Morgan fingerprint density at radius 2 is 2.07 bits per heavy atom. The molecule has 2 nitrogen and oxygen atoms in total. The van der Waals surface area contributed by atoms with Crippen molar-refractivity contribution < 1.29 is 9.53 Å². The van der Waals surface area contributed by atoms with Crippen LogP contribution in [0.15, 0.2) is 30.3 Å². The van der Waals surface area contributed by atoms with E-state index in [1.807, 2.05) is 37.3 Å². The average molecular weight is 222 g/mol. The lowest BCUT2D eigenvalue weighted by Crippen LogP contribution is -2.33. The number of ketones is 1. The fourth-order valence-electron chi connectivity index (χ4n) is 1.48. The lowest BCUT2D eigenvalue weighted by atomic mass is 10.1. The van der Waals surface area contributed by atoms with E-state index in [1.54, 1.807) is 11.8 Å². The molecule has 80 valence electrons. The van der Waals surface area contributed by atoms with Crippen LogP contribution in [0.2, 0.25) is 0 Å². The molecular formula is C12H14O2S. The SMILES string of the molecule is CC(SC1COC1)C(=O)c1ccccc1. The Bertz CT molecular complexity index is 333. The molecule has 0 amide bonds.